The van der Waals surface area contributed by atoms with Gasteiger partial charge in [-0.3, -0.25) is 9.69 Å². The highest BCUT2D eigenvalue weighted by molar-refractivity contribution is 5.84. The van der Waals surface area contributed by atoms with Gasteiger partial charge in [0.15, 0.2) is 0 Å². The van der Waals surface area contributed by atoms with Crippen LogP contribution in [0, 0.1) is 13.8 Å². The lowest BCUT2D eigenvalue weighted by molar-refractivity contribution is -0.129. The van der Waals surface area contributed by atoms with Crippen molar-refractivity contribution in [3.8, 4) is 17.2 Å². The predicted octanol–water partition coefficient (Wildman–Crippen LogP) is 3.44. The molecule has 1 aliphatic rings. The van der Waals surface area contributed by atoms with Gasteiger partial charge >= 0.3 is 0 Å². The third-order valence-corrected chi connectivity index (χ3v) is 5.72. The summed E-state index contributed by atoms with van der Waals surface area (Å²) in [5, 5.41) is 7.76. The Morgan fingerprint density at radius 1 is 1.03 bits per heavy atom. The van der Waals surface area contributed by atoms with Crippen LogP contribution in [0.2, 0.25) is 0 Å². The fourth-order valence-corrected chi connectivity index (χ4v) is 4.22. The average molecular weight is 435 g/mol. The number of hydrogen-bond acceptors (Lipinski definition) is 5. The smallest absolute Gasteiger partial charge is 0.242 e. The molecule has 0 spiro atoms. The van der Waals surface area contributed by atoms with Gasteiger partial charge in [0.05, 0.1) is 18.0 Å². The predicted molar refractivity (Wildman–Crippen MR) is 123 cm³/mol. The number of carbonyl (C=O) groups is 1. The third kappa shape index (κ3) is 4.62. The summed E-state index contributed by atoms with van der Waals surface area (Å²) in [6.45, 7) is 9.11. The Morgan fingerprint density at radius 3 is 2.41 bits per heavy atom. The van der Waals surface area contributed by atoms with Crippen molar-refractivity contribution in [2.75, 3.05) is 32.8 Å². The van der Waals surface area contributed by atoms with E-state index >= 15 is 0 Å². The lowest BCUT2D eigenvalue weighted by Crippen LogP contribution is -2.51. The van der Waals surface area contributed by atoms with Crippen LogP contribution in [0.3, 0.4) is 0 Å². The van der Waals surface area contributed by atoms with Gasteiger partial charge in [0, 0.05) is 30.9 Å². The monoisotopic (exact) mass is 434 g/mol. The van der Waals surface area contributed by atoms with Gasteiger partial charge in [0.2, 0.25) is 5.91 Å². The summed E-state index contributed by atoms with van der Waals surface area (Å²) in [5.41, 5.74) is 3.80. The van der Waals surface area contributed by atoms with Crippen molar-refractivity contribution in [3.63, 3.8) is 0 Å². The molecular formula is C25H30N4O3. The molecule has 1 unspecified atom stereocenters. The van der Waals surface area contributed by atoms with Gasteiger partial charge in [-0.25, -0.2) is 4.68 Å². The van der Waals surface area contributed by atoms with Crippen molar-refractivity contribution < 1.29 is 14.3 Å². The number of aryl methyl sites for hydroxylation is 1. The molecule has 7 nitrogen and oxygen atoms in total. The van der Waals surface area contributed by atoms with Crippen molar-refractivity contribution in [2.45, 2.75) is 26.8 Å². The van der Waals surface area contributed by atoms with E-state index < -0.39 is 0 Å². The second-order valence-corrected chi connectivity index (χ2v) is 7.81. The van der Waals surface area contributed by atoms with Crippen molar-refractivity contribution in [2.24, 2.45) is 0 Å². The number of para-hydroxylation sites is 1. The van der Waals surface area contributed by atoms with Crippen molar-refractivity contribution >= 4 is 5.91 Å². The molecule has 1 aromatic heterocycles. The van der Waals surface area contributed by atoms with Gasteiger partial charge in [-0.1, -0.05) is 18.2 Å². The topological polar surface area (TPSA) is 68.6 Å². The highest BCUT2D eigenvalue weighted by Gasteiger charge is 2.35. The summed E-state index contributed by atoms with van der Waals surface area (Å²) >= 11 is 0. The minimum atomic E-state index is -0.384. The Kier molecular flexibility index (Phi) is 6.75. The van der Waals surface area contributed by atoms with E-state index in [0.717, 1.165) is 40.7 Å². The molecule has 1 amide bonds. The Hall–Kier alpha value is -3.32. The number of hydrogen-bond donors (Lipinski definition) is 1. The summed E-state index contributed by atoms with van der Waals surface area (Å²) in [6, 6.07) is 17.2. The molecule has 4 rings (SSSR count). The number of benzene rings is 2. The van der Waals surface area contributed by atoms with E-state index in [1.54, 1.807) is 0 Å². The molecule has 3 aromatic rings. The van der Waals surface area contributed by atoms with E-state index in [9.17, 15) is 4.79 Å². The van der Waals surface area contributed by atoms with Crippen LogP contribution in [0.5, 0.6) is 11.5 Å². The molecule has 168 valence electrons. The number of amides is 1. The van der Waals surface area contributed by atoms with Crippen LogP contribution in [0.15, 0.2) is 54.6 Å². The van der Waals surface area contributed by atoms with Crippen LogP contribution in [0.1, 0.15) is 29.9 Å². The number of nitrogens with one attached hydrogen (secondary N) is 1. The van der Waals surface area contributed by atoms with Gasteiger partial charge in [-0.15, -0.1) is 0 Å². The second kappa shape index (κ2) is 9.87. The molecule has 1 fully saturated rings. The standard InChI is InChI=1S/C25H30N4O3/c1-4-31-21-10-12-22(13-11-21)32-17-16-28-15-14-26-25(30)24(28)23-18(2)27-29(19(23)3)20-8-6-5-7-9-20/h5-13,24H,4,14-17H2,1-3H3,(H,26,30). The minimum Gasteiger partial charge on any atom is -0.494 e. The fourth-order valence-electron chi connectivity index (χ4n) is 4.22. The summed E-state index contributed by atoms with van der Waals surface area (Å²) in [6.07, 6.45) is 0. The van der Waals surface area contributed by atoms with Gasteiger partial charge in [-0.2, -0.15) is 5.10 Å². The molecule has 32 heavy (non-hydrogen) atoms. The number of nitrogens with zero attached hydrogens (tertiary/aromatic N) is 3. The van der Waals surface area contributed by atoms with Crippen LogP contribution in [-0.4, -0.2) is 53.4 Å². The molecule has 0 saturated carbocycles. The van der Waals surface area contributed by atoms with E-state index in [2.05, 4.69) is 10.2 Å². The highest BCUT2D eigenvalue weighted by Crippen LogP contribution is 2.30. The van der Waals surface area contributed by atoms with Gasteiger partial charge in [-0.05, 0) is 57.2 Å². The number of rotatable bonds is 8. The largest absolute Gasteiger partial charge is 0.494 e. The molecule has 1 saturated heterocycles. The normalized spacial score (nSPS) is 16.6. The zero-order chi connectivity index (χ0) is 22.5. The number of carbonyl (C=O) groups excluding carboxylic acids is 1. The Labute approximate surface area is 188 Å². The quantitative estimate of drug-likeness (QED) is 0.588. The number of aromatic nitrogens is 2. The first-order valence-corrected chi connectivity index (χ1v) is 11.1. The molecule has 2 aromatic carbocycles. The first kappa shape index (κ1) is 21.9. The fraction of sp³-hybridized carbons (Fsp3) is 0.360. The molecule has 1 N–H and O–H groups in total. The summed E-state index contributed by atoms with van der Waals surface area (Å²) in [7, 11) is 0. The number of piperazine rings is 1. The molecule has 1 atom stereocenters. The van der Waals surface area contributed by atoms with Crippen LogP contribution in [0.4, 0.5) is 0 Å². The van der Waals surface area contributed by atoms with Crippen LogP contribution >= 0.6 is 0 Å². The van der Waals surface area contributed by atoms with E-state index in [-0.39, 0.29) is 11.9 Å². The maximum atomic E-state index is 12.9. The third-order valence-electron chi connectivity index (χ3n) is 5.72. The first-order valence-electron chi connectivity index (χ1n) is 11.1. The van der Waals surface area contributed by atoms with Gasteiger partial charge in [0.25, 0.3) is 0 Å². The molecule has 0 aliphatic carbocycles. The highest BCUT2D eigenvalue weighted by atomic mass is 16.5. The van der Waals surface area contributed by atoms with Crippen molar-refractivity contribution in [3.05, 3.63) is 71.5 Å². The molecule has 0 bridgehead atoms. The van der Waals surface area contributed by atoms with Crippen molar-refractivity contribution in [1.82, 2.24) is 20.0 Å². The van der Waals surface area contributed by atoms with Crippen molar-refractivity contribution in [1.29, 1.82) is 0 Å². The number of ether oxygens (including phenoxy) is 2. The van der Waals surface area contributed by atoms with E-state index in [1.165, 1.54) is 0 Å². The van der Waals surface area contributed by atoms with E-state index in [4.69, 9.17) is 14.6 Å². The summed E-state index contributed by atoms with van der Waals surface area (Å²) in [5.74, 6) is 1.63. The summed E-state index contributed by atoms with van der Waals surface area (Å²) in [4.78, 5) is 15.1. The molecule has 1 aliphatic heterocycles. The maximum Gasteiger partial charge on any atom is 0.242 e. The summed E-state index contributed by atoms with van der Waals surface area (Å²) < 4.78 is 13.3. The minimum absolute atomic E-state index is 0.0103. The molecule has 2 heterocycles. The average Bonchev–Trinajstić information content (AvgIpc) is 3.10. The zero-order valence-electron chi connectivity index (χ0n) is 18.9. The Morgan fingerprint density at radius 2 is 1.72 bits per heavy atom. The zero-order valence-corrected chi connectivity index (χ0v) is 18.9. The van der Waals surface area contributed by atoms with E-state index in [1.807, 2.05) is 80.1 Å². The van der Waals surface area contributed by atoms with Crippen LogP contribution < -0.4 is 14.8 Å². The molecule has 0 radical (unpaired) electrons. The van der Waals surface area contributed by atoms with Gasteiger partial charge < -0.3 is 14.8 Å². The van der Waals surface area contributed by atoms with E-state index in [0.29, 0.717) is 26.3 Å². The maximum absolute atomic E-state index is 12.9. The second-order valence-electron chi connectivity index (χ2n) is 7.81. The Balaban J connectivity index is 1.50. The molecule has 7 heteroatoms. The Bertz CT molecular complexity index is 1050. The SMILES string of the molecule is CCOc1ccc(OCCN2CCNC(=O)C2c2c(C)nn(-c3ccccc3)c2C)cc1. The lowest BCUT2D eigenvalue weighted by atomic mass is 10.0. The molecular weight excluding hydrogens is 404 g/mol. The van der Waals surface area contributed by atoms with Gasteiger partial charge in [0.1, 0.15) is 24.1 Å². The first-order chi connectivity index (χ1) is 15.6. The van der Waals surface area contributed by atoms with Crippen LogP contribution in [0.25, 0.3) is 5.69 Å². The lowest BCUT2D eigenvalue weighted by Gasteiger charge is -2.35. The van der Waals surface area contributed by atoms with Crippen LogP contribution in [-0.2, 0) is 4.79 Å².